The van der Waals surface area contributed by atoms with E-state index < -0.39 is 17.5 Å². The minimum Gasteiger partial charge on any atom is -0.330 e. The first-order chi connectivity index (χ1) is 7.50. The average molecular weight is 229 g/mol. The van der Waals surface area contributed by atoms with Gasteiger partial charge in [-0.1, -0.05) is 30.3 Å². The van der Waals surface area contributed by atoms with Crippen LogP contribution in [0.1, 0.15) is 18.4 Å². The molecule has 0 aromatic heterocycles. The van der Waals surface area contributed by atoms with Crippen molar-refractivity contribution in [2.24, 2.45) is 11.7 Å². The number of benzene rings is 1. The van der Waals surface area contributed by atoms with Crippen LogP contribution in [0, 0.1) is 5.92 Å². The molecule has 1 atom stereocenters. The minimum atomic E-state index is -4.21. The van der Waals surface area contributed by atoms with Crippen LogP contribution in [-0.2, 0) is 5.41 Å². The molecule has 1 aromatic carbocycles. The van der Waals surface area contributed by atoms with Gasteiger partial charge < -0.3 is 5.73 Å². The van der Waals surface area contributed by atoms with Crippen molar-refractivity contribution in [3.05, 3.63) is 35.9 Å². The molecule has 1 saturated carbocycles. The lowest BCUT2D eigenvalue weighted by Crippen LogP contribution is -2.39. The first kappa shape index (κ1) is 11.5. The van der Waals surface area contributed by atoms with Gasteiger partial charge >= 0.3 is 6.18 Å². The molecule has 0 amide bonds. The molecule has 0 radical (unpaired) electrons. The summed E-state index contributed by atoms with van der Waals surface area (Å²) in [6.45, 7) is -0.335. The molecular weight excluding hydrogens is 215 g/mol. The van der Waals surface area contributed by atoms with E-state index in [-0.39, 0.29) is 6.54 Å². The molecule has 4 heteroatoms. The molecule has 1 fully saturated rings. The number of nitrogens with two attached hydrogens (primary N) is 1. The second-order valence-electron chi connectivity index (χ2n) is 4.35. The number of hydrogen-bond donors (Lipinski definition) is 1. The van der Waals surface area contributed by atoms with Gasteiger partial charge in [-0.25, -0.2) is 0 Å². The highest BCUT2D eigenvalue weighted by atomic mass is 19.4. The van der Waals surface area contributed by atoms with Gasteiger partial charge in [0.15, 0.2) is 0 Å². The zero-order valence-corrected chi connectivity index (χ0v) is 8.80. The maximum absolute atomic E-state index is 12.9. The predicted molar refractivity (Wildman–Crippen MR) is 56.0 cm³/mol. The van der Waals surface area contributed by atoms with Gasteiger partial charge in [0.05, 0.1) is 5.92 Å². The summed E-state index contributed by atoms with van der Waals surface area (Å²) in [7, 11) is 0. The molecule has 0 heterocycles. The minimum absolute atomic E-state index is 0.335. The second-order valence-corrected chi connectivity index (χ2v) is 4.35. The highest BCUT2D eigenvalue weighted by Gasteiger charge is 2.59. The van der Waals surface area contributed by atoms with E-state index >= 15 is 0 Å². The van der Waals surface area contributed by atoms with Gasteiger partial charge in [-0.3, -0.25) is 0 Å². The van der Waals surface area contributed by atoms with E-state index in [9.17, 15) is 13.2 Å². The molecule has 88 valence electrons. The normalized spacial score (nSPS) is 20.5. The van der Waals surface area contributed by atoms with Crippen LogP contribution >= 0.6 is 0 Å². The Balaban J connectivity index is 2.32. The van der Waals surface area contributed by atoms with E-state index in [0.717, 1.165) is 5.56 Å². The van der Waals surface area contributed by atoms with Gasteiger partial charge in [-0.15, -0.1) is 0 Å². The van der Waals surface area contributed by atoms with Crippen molar-refractivity contribution in [1.82, 2.24) is 0 Å². The zero-order chi connectivity index (χ0) is 11.8. The van der Waals surface area contributed by atoms with E-state index in [1.807, 2.05) is 6.07 Å². The Hall–Kier alpha value is -1.03. The van der Waals surface area contributed by atoms with Crippen LogP contribution in [0.5, 0.6) is 0 Å². The third kappa shape index (κ3) is 1.82. The molecule has 16 heavy (non-hydrogen) atoms. The molecule has 2 N–H and O–H groups in total. The summed E-state index contributed by atoms with van der Waals surface area (Å²) in [5.74, 6) is -1.41. The van der Waals surface area contributed by atoms with Crippen LogP contribution in [0.15, 0.2) is 30.3 Å². The molecule has 1 aromatic rings. The molecule has 0 spiro atoms. The molecule has 0 aliphatic heterocycles. The zero-order valence-electron chi connectivity index (χ0n) is 8.80. The van der Waals surface area contributed by atoms with Gasteiger partial charge in [0, 0.05) is 12.0 Å². The Labute approximate surface area is 92.5 Å². The van der Waals surface area contributed by atoms with Crippen molar-refractivity contribution >= 4 is 0 Å². The fourth-order valence-corrected chi connectivity index (χ4v) is 2.42. The van der Waals surface area contributed by atoms with Crippen molar-refractivity contribution < 1.29 is 13.2 Å². The van der Waals surface area contributed by atoms with Crippen LogP contribution in [0.3, 0.4) is 0 Å². The van der Waals surface area contributed by atoms with Crippen LogP contribution in [0.2, 0.25) is 0 Å². The molecule has 1 nitrogen and oxygen atoms in total. The lowest BCUT2D eigenvalue weighted by atomic mass is 9.82. The van der Waals surface area contributed by atoms with Crippen molar-refractivity contribution in [3.8, 4) is 0 Å². The summed E-state index contributed by atoms with van der Waals surface area (Å²) in [5, 5.41) is 0. The summed E-state index contributed by atoms with van der Waals surface area (Å²) < 4.78 is 38.6. The molecule has 0 saturated heterocycles. The lowest BCUT2D eigenvalue weighted by Gasteiger charge is -2.28. The first-order valence-corrected chi connectivity index (χ1v) is 5.33. The Kier molecular flexibility index (Phi) is 2.70. The van der Waals surface area contributed by atoms with Crippen molar-refractivity contribution in [1.29, 1.82) is 0 Å². The summed E-state index contributed by atoms with van der Waals surface area (Å²) in [6, 6.07) is 8.89. The number of halogens is 3. The van der Waals surface area contributed by atoms with Gasteiger partial charge in [-0.05, 0) is 18.4 Å². The van der Waals surface area contributed by atoms with E-state index in [2.05, 4.69) is 0 Å². The van der Waals surface area contributed by atoms with E-state index in [0.29, 0.717) is 12.8 Å². The summed E-state index contributed by atoms with van der Waals surface area (Å²) in [5.41, 5.74) is 5.31. The van der Waals surface area contributed by atoms with Gasteiger partial charge in [0.25, 0.3) is 0 Å². The molecule has 2 rings (SSSR count). The average Bonchev–Trinajstić information content (AvgIpc) is 3.00. The molecule has 1 aliphatic rings. The molecule has 1 unspecified atom stereocenters. The van der Waals surface area contributed by atoms with Crippen LogP contribution in [0.4, 0.5) is 13.2 Å². The third-order valence-electron chi connectivity index (χ3n) is 3.44. The van der Waals surface area contributed by atoms with Crippen LogP contribution in [-0.4, -0.2) is 12.7 Å². The maximum atomic E-state index is 12.9. The molecule has 1 aliphatic carbocycles. The van der Waals surface area contributed by atoms with E-state index in [1.165, 1.54) is 0 Å². The monoisotopic (exact) mass is 229 g/mol. The second kappa shape index (κ2) is 3.77. The Morgan fingerprint density at radius 2 is 1.75 bits per heavy atom. The van der Waals surface area contributed by atoms with E-state index in [4.69, 9.17) is 5.73 Å². The van der Waals surface area contributed by atoms with Crippen LogP contribution < -0.4 is 5.73 Å². The Morgan fingerprint density at radius 3 is 2.12 bits per heavy atom. The summed E-state index contributed by atoms with van der Waals surface area (Å²) in [4.78, 5) is 0. The fraction of sp³-hybridized carbons (Fsp3) is 0.500. The Morgan fingerprint density at radius 1 is 1.19 bits per heavy atom. The predicted octanol–water partition coefficient (Wildman–Crippen LogP) is 2.86. The lowest BCUT2D eigenvalue weighted by molar-refractivity contribution is -0.181. The smallest absolute Gasteiger partial charge is 0.330 e. The van der Waals surface area contributed by atoms with Crippen molar-refractivity contribution in [3.63, 3.8) is 0 Å². The molecule has 0 bridgehead atoms. The highest BCUT2D eigenvalue weighted by molar-refractivity contribution is 5.33. The standard InChI is InChI=1S/C12H14F3N/c13-12(14,15)10(8-16)11(6-7-11)9-4-2-1-3-5-9/h1-5,10H,6-8,16H2. The topological polar surface area (TPSA) is 26.0 Å². The number of alkyl halides is 3. The quantitative estimate of drug-likeness (QED) is 0.847. The highest BCUT2D eigenvalue weighted by Crippen LogP contribution is 2.57. The Bertz CT molecular complexity index is 354. The third-order valence-corrected chi connectivity index (χ3v) is 3.44. The number of hydrogen-bond acceptors (Lipinski definition) is 1. The first-order valence-electron chi connectivity index (χ1n) is 5.33. The van der Waals surface area contributed by atoms with Crippen molar-refractivity contribution in [2.75, 3.05) is 6.54 Å². The summed E-state index contributed by atoms with van der Waals surface area (Å²) in [6.07, 6.45) is -3.04. The van der Waals surface area contributed by atoms with Gasteiger partial charge in [0.2, 0.25) is 0 Å². The summed E-state index contributed by atoms with van der Waals surface area (Å²) >= 11 is 0. The largest absolute Gasteiger partial charge is 0.393 e. The molecular formula is C12H14F3N. The van der Waals surface area contributed by atoms with E-state index in [1.54, 1.807) is 24.3 Å². The fourth-order valence-electron chi connectivity index (χ4n) is 2.42. The van der Waals surface area contributed by atoms with Gasteiger partial charge in [-0.2, -0.15) is 13.2 Å². The SMILES string of the molecule is NCC(C(F)(F)F)C1(c2ccccc2)CC1. The maximum Gasteiger partial charge on any atom is 0.393 e. The van der Waals surface area contributed by atoms with Gasteiger partial charge in [0.1, 0.15) is 0 Å². The van der Waals surface area contributed by atoms with Crippen LogP contribution in [0.25, 0.3) is 0 Å². The van der Waals surface area contributed by atoms with Crippen molar-refractivity contribution in [2.45, 2.75) is 24.4 Å². The number of rotatable bonds is 3.